The third-order valence-electron chi connectivity index (χ3n) is 5.57. The Balaban J connectivity index is 1.59. The normalized spacial score (nSPS) is 16.2. The van der Waals surface area contributed by atoms with Crippen LogP contribution in [0.25, 0.3) is 23.1 Å². The zero-order valence-corrected chi connectivity index (χ0v) is 17.3. The van der Waals surface area contributed by atoms with E-state index in [1.165, 1.54) is 4.68 Å². The zero-order chi connectivity index (χ0) is 21.5. The van der Waals surface area contributed by atoms with Gasteiger partial charge in [0.1, 0.15) is 0 Å². The lowest BCUT2D eigenvalue weighted by molar-refractivity contribution is 0.0959. The second kappa shape index (κ2) is 7.43. The van der Waals surface area contributed by atoms with Gasteiger partial charge in [-0.3, -0.25) is 14.7 Å². The summed E-state index contributed by atoms with van der Waals surface area (Å²) in [5.41, 5.74) is 4.04. The van der Waals surface area contributed by atoms with Crippen LogP contribution in [0.5, 0.6) is 0 Å². The molecule has 7 nitrogen and oxygen atoms in total. The number of fused-ring (bicyclic) bond motifs is 3. The van der Waals surface area contributed by atoms with Crippen LogP contribution in [0.15, 0.2) is 53.5 Å². The SMILES string of the molecule is Cc1cc(C)nc(-n2[nH]c3ncc4c(c3c2=O)CC(/C=C/c2ccccc2)CC4=O)n1. The van der Waals surface area contributed by atoms with Crippen LogP contribution in [0, 0.1) is 19.8 Å². The number of nitrogens with zero attached hydrogens (tertiary/aromatic N) is 4. The quantitative estimate of drug-likeness (QED) is 0.556. The number of aryl methyl sites for hydroxylation is 2. The Bertz CT molecular complexity index is 1380. The van der Waals surface area contributed by atoms with Crippen LogP contribution < -0.4 is 5.56 Å². The molecule has 0 saturated carbocycles. The number of H-pyrrole nitrogens is 1. The molecule has 1 N–H and O–H groups in total. The van der Waals surface area contributed by atoms with Crippen molar-refractivity contribution in [1.82, 2.24) is 24.7 Å². The minimum atomic E-state index is -0.287. The molecule has 3 heterocycles. The summed E-state index contributed by atoms with van der Waals surface area (Å²) >= 11 is 0. The van der Waals surface area contributed by atoms with E-state index in [4.69, 9.17) is 0 Å². The topological polar surface area (TPSA) is 93.5 Å². The van der Waals surface area contributed by atoms with Crippen LogP contribution in [0.4, 0.5) is 0 Å². The number of hydrogen-bond acceptors (Lipinski definition) is 5. The molecule has 3 aromatic heterocycles. The monoisotopic (exact) mass is 411 g/mol. The molecule has 0 amide bonds. The summed E-state index contributed by atoms with van der Waals surface area (Å²) in [6.07, 6.45) is 6.66. The maximum absolute atomic E-state index is 13.3. The number of carbonyl (C=O) groups is 1. The van der Waals surface area contributed by atoms with Gasteiger partial charge in [-0.25, -0.2) is 15.0 Å². The summed E-state index contributed by atoms with van der Waals surface area (Å²) in [5, 5.41) is 3.45. The number of nitrogens with one attached hydrogen (secondary N) is 1. The van der Waals surface area contributed by atoms with Crippen molar-refractivity contribution in [1.29, 1.82) is 0 Å². The van der Waals surface area contributed by atoms with Gasteiger partial charge in [-0.2, -0.15) is 4.68 Å². The summed E-state index contributed by atoms with van der Waals surface area (Å²) in [7, 11) is 0. The van der Waals surface area contributed by atoms with E-state index in [0.29, 0.717) is 29.4 Å². The van der Waals surface area contributed by atoms with Crippen molar-refractivity contribution in [3.8, 4) is 5.95 Å². The van der Waals surface area contributed by atoms with Gasteiger partial charge in [0.05, 0.1) is 5.39 Å². The highest BCUT2D eigenvalue weighted by Crippen LogP contribution is 2.30. The number of hydrogen-bond donors (Lipinski definition) is 1. The molecule has 0 radical (unpaired) electrons. The van der Waals surface area contributed by atoms with Crippen LogP contribution >= 0.6 is 0 Å². The van der Waals surface area contributed by atoms with E-state index in [2.05, 4.69) is 26.1 Å². The lowest BCUT2D eigenvalue weighted by Crippen LogP contribution is -2.22. The molecule has 0 saturated heterocycles. The van der Waals surface area contributed by atoms with E-state index < -0.39 is 0 Å². The number of aromatic amines is 1. The van der Waals surface area contributed by atoms with Crippen molar-refractivity contribution >= 4 is 22.9 Å². The molecule has 7 heteroatoms. The lowest BCUT2D eigenvalue weighted by Gasteiger charge is -2.21. The first-order valence-corrected chi connectivity index (χ1v) is 10.2. The van der Waals surface area contributed by atoms with Crippen LogP contribution in [0.3, 0.4) is 0 Å². The summed E-state index contributed by atoms with van der Waals surface area (Å²) in [6.45, 7) is 3.71. The maximum Gasteiger partial charge on any atom is 0.283 e. The molecule has 4 aromatic rings. The Labute approximate surface area is 178 Å². The molecule has 5 rings (SSSR count). The molecule has 0 aliphatic heterocycles. The molecular weight excluding hydrogens is 390 g/mol. The predicted molar refractivity (Wildman–Crippen MR) is 118 cm³/mol. The highest BCUT2D eigenvalue weighted by molar-refractivity contribution is 6.02. The third-order valence-corrected chi connectivity index (χ3v) is 5.57. The summed E-state index contributed by atoms with van der Waals surface area (Å²) in [6, 6.07) is 11.8. The standard InChI is InChI=1S/C24H21N5O2/c1-14-10-15(2)27-24(26-14)29-23(31)21-18-11-17(9-8-16-6-4-3-5-7-16)12-20(30)19(18)13-25-22(21)28-29/h3-10,13,17H,11-12H2,1-2H3,(H,25,28)/b9-8+. The van der Waals surface area contributed by atoms with E-state index in [0.717, 1.165) is 22.5 Å². The molecule has 0 fully saturated rings. The molecule has 1 aliphatic carbocycles. The average molecular weight is 411 g/mol. The largest absolute Gasteiger partial charge is 0.294 e. The van der Waals surface area contributed by atoms with E-state index in [1.807, 2.05) is 56.3 Å². The number of allylic oxidation sites excluding steroid dienone is 1. The average Bonchev–Trinajstić information content (AvgIpc) is 3.09. The van der Waals surface area contributed by atoms with Crippen molar-refractivity contribution < 1.29 is 4.79 Å². The number of benzene rings is 1. The molecule has 154 valence electrons. The van der Waals surface area contributed by atoms with E-state index in [-0.39, 0.29) is 23.2 Å². The van der Waals surface area contributed by atoms with Gasteiger partial charge in [0, 0.05) is 29.6 Å². The number of pyridine rings is 1. The maximum atomic E-state index is 13.3. The fourth-order valence-corrected chi connectivity index (χ4v) is 4.16. The van der Waals surface area contributed by atoms with E-state index >= 15 is 0 Å². The first-order valence-electron chi connectivity index (χ1n) is 10.2. The first-order chi connectivity index (χ1) is 15.0. The minimum absolute atomic E-state index is 0.00756. The van der Waals surface area contributed by atoms with Crippen molar-refractivity contribution in [2.75, 3.05) is 0 Å². The fraction of sp³-hybridized carbons (Fsp3) is 0.208. The zero-order valence-electron chi connectivity index (χ0n) is 17.3. The Morgan fingerprint density at radius 1 is 1.06 bits per heavy atom. The second-order valence-electron chi connectivity index (χ2n) is 7.94. The van der Waals surface area contributed by atoms with Gasteiger partial charge in [-0.15, -0.1) is 0 Å². The van der Waals surface area contributed by atoms with Crippen molar-refractivity contribution in [3.05, 3.63) is 87.1 Å². The molecule has 0 spiro atoms. The smallest absolute Gasteiger partial charge is 0.283 e. The first kappa shape index (κ1) is 19.1. The number of aromatic nitrogens is 5. The van der Waals surface area contributed by atoms with Gasteiger partial charge in [0.25, 0.3) is 11.5 Å². The van der Waals surface area contributed by atoms with Gasteiger partial charge in [0.2, 0.25) is 0 Å². The van der Waals surface area contributed by atoms with Gasteiger partial charge in [-0.05, 0) is 43.4 Å². The Kier molecular flexibility index (Phi) is 4.58. The summed E-state index contributed by atoms with van der Waals surface area (Å²) in [4.78, 5) is 39.2. The van der Waals surface area contributed by atoms with Crippen LogP contribution in [0.2, 0.25) is 0 Å². The number of Topliss-reactive ketones (excluding diaryl/α,β-unsaturated/α-hetero) is 1. The Hall–Kier alpha value is -3.87. The van der Waals surface area contributed by atoms with Gasteiger partial charge in [0.15, 0.2) is 11.4 Å². The summed E-state index contributed by atoms with van der Waals surface area (Å²) in [5.74, 6) is 0.302. The predicted octanol–water partition coefficient (Wildman–Crippen LogP) is 3.58. The lowest BCUT2D eigenvalue weighted by atomic mass is 9.82. The van der Waals surface area contributed by atoms with Crippen molar-refractivity contribution in [2.45, 2.75) is 26.7 Å². The Morgan fingerprint density at radius 3 is 2.55 bits per heavy atom. The van der Waals surface area contributed by atoms with Gasteiger partial charge < -0.3 is 0 Å². The minimum Gasteiger partial charge on any atom is -0.294 e. The molecule has 1 atom stereocenters. The highest BCUT2D eigenvalue weighted by atomic mass is 16.1. The molecule has 1 aliphatic rings. The van der Waals surface area contributed by atoms with Crippen LogP contribution in [-0.2, 0) is 6.42 Å². The van der Waals surface area contributed by atoms with E-state index in [1.54, 1.807) is 6.20 Å². The molecule has 31 heavy (non-hydrogen) atoms. The van der Waals surface area contributed by atoms with Gasteiger partial charge >= 0.3 is 0 Å². The van der Waals surface area contributed by atoms with E-state index in [9.17, 15) is 9.59 Å². The van der Waals surface area contributed by atoms with Crippen LogP contribution in [0.1, 0.15) is 39.3 Å². The highest BCUT2D eigenvalue weighted by Gasteiger charge is 2.28. The third kappa shape index (κ3) is 3.48. The van der Waals surface area contributed by atoms with Crippen molar-refractivity contribution in [3.63, 3.8) is 0 Å². The molecule has 0 bridgehead atoms. The van der Waals surface area contributed by atoms with Crippen LogP contribution in [-0.4, -0.2) is 30.5 Å². The second-order valence-corrected chi connectivity index (χ2v) is 7.94. The Morgan fingerprint density at radius 2 is 1.81 bits per heavy atom. The molecular formula is C24H21N5O2. The van der Waals surface area contributed by atoms with Gasteiger partial charge in [-0.1, -0.05) is 42.5 Å². The molecule has 1 unspecified atom stereocenters. The number of carbonyl (C=O) groups excluding carboxylic acids is 1. The molecule has 1 aromatic carbocycles. The summed E-state index contributed by atoms with van der Waals surface area (Å²) < 4.78 is 1.31. The van der Waals surface area contributed by atoms with Crippen molar-refractivity contribution in [2.24, 2.45) is 5.92 Å². The number of ketones is 1. The number of rotatable bonds is 3. The fourth-order valence-electron chi connectivity index (χ4n) is 4.16.